The van der Waals surface area contributed by atoms with Crippen LogP contribution in [-0.2, 0) is 6.54 Å². The second-order valence-electron chi connectivity index (χ2n) is 4.95. The number of thioether (sulfide) groups is 1. The molecule has 1 aliphatic heterocycles. The first kappa shape index (κ1) is 16.4. The van der Waals surface area contributed by atoms with E-state index in [-0.39, 0.29) is 5.91 Å². The summed E-state index contributed by atoms with van der Waals surface area (Å²) in [6.45, 7) is 1.31. The fourth-order valence-electron chi connectivity index (χ4n) is 2.26. The average Bonchev–Trinajstić information content (AvgIpc) is 2.65. The molecule has 1 N–H and O–H groups in total. The minimum Gasteiger partial charge on any atom is -0.496 e. The van der Waals surface area contributed by atoms with Crippen LogP contribution in [0.3, 0.4) is 0 Å². The highest BCUT2D eigenvalue weighted by molar-refractivity contribution is 7.98. The maximum absolute atomic E-state index is 12.2. The van der Waals surface area contributed by atoms with Crippen LogP contribution in [0.15, 0.2) is 29.7 Å². The van der Waals surface area contributed by atoms with Gasteiger partial charge in [-0.1, -0.05) is 11.8 Å². The molecule has 0 atom stereocenters. The molecule has 0 saturated heterocycles. The molecular formula is C16H17N3O4S. The van der Waals surface area contributed by atoms with E-state index in [0.717, 1.165) is 5.56 Å². The fourth-order valence-corrected chi connectivity index (χ4v) is 2.57. The van der Waals surface area contributed by atoms with E-state index in [1.54, 1.807) is 13.2 Å². The molecule has 24 heavy (non-hydrogen) atoms. The summed E-state index contributed by atoms with van der Waals surface area (Å²) < 4.78 is 16.5. The molecule has 1 aliphatic rings. The van der Waals surface area contributed by atoms with Gasteiger partial charge in [-0.3, -0.25) is 4.79 Å². The molecule has 0 saturated carbocycles. The Morgan fingerprint density at radius 3 is 2.54 bits per heavy atom. The molecule has 7 nitrogen and oxygen atoms in total. The van der Waals surface area contributed by atoms with Crippen molar-refractivity contribution in [3.8, 4) is 17.2 Å². The largest absolute Gasteiger partial charge is 0.496 e. The van der Waals surface area contributed by atoms with E-state index < -0.39 is 0 Å². The molecule has 1 aromatic carbocycles. The van der Waals surface area contributed by atoms with Crippen molar-refractivity contribution >= 4 is 17.7 Å². The molecule has 0 aliphatic carbocycles. The normalized spacial score (nSPS) is 12.6. The van der Waals surface area contributed by atoms with Crippen LogP contribution in [-0.4, -0.2) is 42.5 Å². The summed E-state index contributed by atoms with van der Waals surface area (Å²) in [5.74, 6) is 1.68. The molecule has 3 rings (SSSR count). The Hall–Kier alpha value is -2.48. The maximum Gasteiger partial charge on any atom is 0.254 e. The van der Waals surface area contributed by atoms with Crippen molar-refractivity contribution < 1.29 is 19.0 Å². The van der Waals surface area contributed by atoms with Gasteiger partial charge in [-0.2, -0.15) is 0 Å². The van der Waals surface area contributed by atoms with Crippen molar-refractivity contribution in [2.75, 3.05) is 26.6 Å². The van der Waals surface area contributed by atoms with Gasteiger partial charge in [-0.05, 0) is 12.3 Å². The first-order valence-electron chi connectivity index (χ1n) is 7.32. The molecule has 2 aromatic rings. The van der Waals surface area contributed by atoms with Gasteiger partial charge in [0.1, 0.15) is 19.0 Å². The van der Waals surface area contributed by atoms with Crippen molar-refractivity contribution in [1.29, 1.82) is 0 Å². The van der Waals surface area contributed by atoms with Gasteiger partial charge in [0.05, 0.1) is 12.7 Å². The van der Waals surface area contributed by atoms with Gasteiger partial charge in [0.2, 0.25) is 0 Å². The number of carbonyl (C=O) groups is 1. The zero-order valence-corrected chi connectivity index (χ0v) is 14.2. The molecule has 0 unspecified atom stereocenters. The Kier molecular flexibility index (Phi) is 5.05. The predicted octanol–water partition coefficient (Wildman–Crippen LogP) is 1.91. The topological polar surface area (TPSA) is 82.6 Å². The van der Waals surface area contributed by atoms with Crippen LogP contribution in [0.5, 0.6) is 17.2 Å². The number of aromatic nitrogens is 2. The number of nitrogens with zero attached hydrogens (tertiary/aromatic N) is 2. The zero-order chi connectivity index (χ0) is 16.9. The lowest BCUT2D eigenvalue weighted by molar-refractivity contribution is 0.0949. The quantitative estimate of drug-likeness (QED) is 0.653. The van der Waals surface area contributed by atoms with Gasteiger partial charge in [0.15, 0.2) is 16.7 Å². The number of methoxy groups -OCH3 is 1. The van der Waals surface area contributed by atoms with Gasteiger partial charge in [-0.15, -0.1) is 0 Å². The molecule has 0 radical (unpaired) electrons. The highest BCUT2D eigenvalue weighted by atomic mass is 32.2. The van der Waals surface area contributed by atoms with Gasteiger partial charge in [0, 0.05) is 30.6 Å². The number of hydrogen-bond donors (Lipinski definition) is 1. The molecule has 126 valence electrons. The Morgan fingerprint density at radius 1 is 1.25 bits per heavy atom. The molecule has 2 heterocycles. The SMILES string of the molecule is COc1cc2c(cc1CNC(=O)c1cnc(SC)nc1)OCCO2. The maximum atomic E-state index is 12.2. The van der Waals surface area contributed by atoms with Crippen LogP contribution < -0.4 is 19.5 Å². The fraction of sp³-hybridized carbons (Fsp3) is 0.312. The summed E-state index contributed by atoms with van der Waals surface area (Å²) >= 11 is 1.42. The van der Waals surface area contributed by atoms with Crippen LogP contribution in [0.25, 0.3) is 0 Å². The Labute approximate surface area is 143 Å². The monoisotopic (exact) mass is 347 g/mol. The molecule has 0 fully saturated rings. The third-order valence-electron chi connectivity index (χ3n) is 3.46. The lowest BCUT2D eigenvalue weighted by Crippen LogP contribution is -2.24. The van der Waals surface area contributed by atoms with E-state index in [2.05, 4.69) is 15.3 Å². The number of ether oxygens (including phenoxy) is 3. The van der Waals surface area contributed by atoms with E-state index in [9.17, 15) is 4.79 Å². The number of hydrogen-bond acceptors (Lipinski definition) is 7. The summed E-state index contributed by atoms with van der Waals surface area (Å²) in [6, 6.07) is 3.59. The lowest BCUT2D eigenvalue weighted by atomic mass is 10.1. The van der Waals surface area contributed by atoms with Crippen LogP contribution in [0.1, 0.15) is 15.9 Å². The number of amides is 1. The number of rotatable bonds is 5. The minimum absolute atomic E-state index is 0.250. The smallest absolute Gasteiger partial charge is 0.254 e. The summed E-state index contributed by atoms with van der Waals surface area (Å²) in [6.07, 6.45) is 4.90. The second kappa shape index (κ2) is 7.39. The molecule has 8 heteroatoms. The van der Waals surface area contributed by atoms with E-state index in [1.807, 2.05) is 12.3 Å². The van der Waals surface area contributed by atoms with Gasteiger partial charge < -0.3 is 19.5 Å². The summed E-state index contributed by atoms with van der Waals surface area (Å²) in [5.41, 5.74) is 1.21. The van der Waals surface area contributed by atoms with E-state index in [4.69, 9.17) is 14.2 Å². The van der Waals surface area contributed by atoms with Crippen LogP contribution in [0, 0.1) is 0 Å². The van der Waals surface area contributed by atoms with Crippen LogP contribution in [0.2, 0.25) is 0 Å². The lowest BCUT2D eigenvalue weighted by Gasteiger charge is -2.20. The van der Waals surface area contributed by atoms with Crippen molar-refractivity contribution in [3.05, 3.63) is 35.7 Å². The van der Waals surface area contributed by atoms with Gasteiger partial charge in [-0.25, -0.2) is 9.97 Å². The molecule has 0 bridgehead atoms. The minimum atomic E-state index is -0.250. The first-order chi connectivity index (χ1) is 11.7. The Morgan fingerprint density at radius 2 is 1.92 bits per heavy atom. The van der Waals surface area contributed by atoms with Gasteiger partial charge >= 0.3 is 0 Å². The van der Waals surface area contributed by atoms with Crippen LogP contribution in [0.4, 0.5) is 0 Å². The molecular weight excluding hydrogens is 330 g/mol. The second-order valence-corrected chi connectivity index (χ2v) is 5.72. The summed E-state index contributed by atoms with van der Waals surface area (Å²) in [5, 5.41) is 3.46. The Balaban J connectivity index is 1.72. The number of fused-ring (bicyclic) bond motifs is 1. The summed E-state index contributed by atoms with van der Waals surface area (Å²) in [4.78, 5) is 20.4. The van der Waals surface area contributed by atoms with Crippen molar-refractivity contribution in [3.63, 3.8) is 0 Å². The number of nitrogens with one attached hydrogen (secondary N) is 1. The third-order valence-corrected chi connectivity index (χ3v) is 4.03. The van der Waals surface area contributed by atoms with Crippen LogP contribution >= 0.6 is 11.8 Å². The number of benzene rings is 1. The standard InChI is InChI=1S/C16H17N3O4S/c1-21-12-6-14-13(22-3-4-23-14)5-10(12)7-17-15(20)11-8-18-16(24-2)19-9-11/h5-6,8-9H,3-4,7H2,1-2H3,(H,17,20). The predicted molar refractivity (Wildman–Crippen MR) is 89.0 cm³/mol. The van der Waals surface area contributed by atoms with Crippen molar-refractivity contribution in [1.82, 2.24) is 15.3 Å². The van der Waals surface area contributed by atoms with Crippen molar-refractivity contribution in [2.45, 2.75) is 11.7 Å². The highest BCUT2D eigenvalue weighted by Crippen LogP contribution is 2.36. The average molecular weight is 347 g/mol. The molecule has 0 spiro atoms. The molecule has 1 aromatic heterocycles. The zero-order valence-electron chi connectivity index (χ0n) is 13.4. The van der Waals surface area contributed by atoms with E-state index in [1.165, 1.54) is 24.2 Å². The van der Waals surface area contributed by atoms with E-state index >= 15 is 0 Å². The van der Waals surface area contributed by atoms with Crippen molar-refractivity contribution in [2.24, 2.45) is 0 Å². The highest BCUT2D eigenvalue weighted by Gasteiger charge is 2.17. The third kappa shape index (κ3) is 3.53. The van der Waals surface area contributed by atoms with Gasteiger partial charge in [0.25, 0.3) is 5.91 Å². The Bertz CT molecular complexity index is 737. The first-order valence-corrected chi connectivity index (χ1v) is 8.54. The number of carbonyl (C=O) groups excluding carboxylic acids is 1. The molecule has 1 amide bonds. The summed E-state index contributed by atoms with van der Waals surface area (Å²) in [7, 11) is 1.58. The van der Waals surface area contributed by atoms with E-state index in [0.29, 0.717) is 47.7 Å².